The fourth-order valence-electron chi connectivity index (χ4n) is 2.20. The minimum atomic E-state index is 0.648. The second-order valence-electron chi connectivity index (χ2n) is 5.07. The second kappa shape index (κ2) is 3.58. The Labute approximate surface area is 95.5 Å². The SMILES string of the molecule is CC(C)Cc1nc2cccnc2n1C1CC1. The molecule has 1 aliphatic rings. The van der Waals surface area contributed by atoms with E-state index in [1.54, 1.807) is 0 Å². The summed E-state index contributed by atoms with van der Waals surface area (Å²) in [4.78, 5) is 9.19. The third-order valence-corrected chi connectivity index (χ3v) is 3.02. The number of pyridine rings is 1. The summed E-state index contributed by atoms with van der Waals surface area (Å²) in [5.74, 6) is 1.86. The molecule has 2 aromatic heterocycles. The molecule has 0 bridgehead atoms. The first kappa shape index (κ1) is 9.82. The van der Waals surface area contributed by atoms with Crippen LogP contribution in [0.1, 0.15) is 38.6 Å². The van der Waals surface area contributed by atoms with Gasteiger partial charge < -0.3 is 4.57 Å². The van der Waals surface area contributed by atoms with E-state index < -0.39 is 0 Å². The molecule has 1 aliphatic carbocycles. The summed E-state index contributed by atoms with van der Waals surface area (Å²) in [6.07, 6.45) is 5.48. The third-order valence-electron chi connectivity index (χ3n) is 3.02. The van der Waals surface area contributed by atoms with Crippen molar-refractivity contribution in [2.45, 2.75) is 39.2 Å². The quantitative estimate of drug-likeness (QED) is 0.788. The van der Waals surface area contributed by atoms with E-state index in [9.17, 15) is 0 Å². The molecule has 1 fully saturated rings. The summed E-state index contributed by atoms with van der Waals surface area (Å²) in [7, 11) is 0. The lowest BCUT2D eigenvalue weighted by Crippen LogP contribution is -2.05. The Morgan fingerprint density at radius 3 is 2.94 bits per heavy atom. The molecule has 0 spiro atoms. The van der Waals surface area contributed by atoms with Gasteiger partial charge in [0.05, 0.1) is 0 Å². The van der Waals surface area contributed by atoms with Gasteiger partial charge in [-0.1, -0.05) is 13.8 Å². The Hall–Kier alpha value is -1.38. The monoisotopic (exact) mass is 215 g/mol. The van der Waals surface area contributed by atoms with Crippen molar-refractivity contribution >= 4 is 11.2 Å². The predicted octanol–water partition coefficient (Wildman–Crippen LogP) is 2.96. The molecule has 0 unspecified atom stereocenters. The van der Waals surface area contributed by atoms with Gasteiger partial charge in [0.15, 0.2) is 5.65 Å². The van der Waals surface area contributed by atoms with E-state index in [4.69, 9.17) is 4.98 Å². The van der Waals surface area contributed by atoms with Gasteiger partial charge in [-0.05, 0) is 30.9 Å². The van der Waals surface area contributed by atoms with E-state index in [1.165, 1.54) is 18.7 Å². The molecule has 1 saturated carbocycles. The van der Waals surface area contributed by atoms with Crippen molar-refractivity contribution < 1.29 is 0 Å². The number of hydrogen-bond donors (Lipinski definition) is 0. The van der Waals surface area contributed by atoms with Crippen LogP contribution in [0.15, 0.2) is 18.3 Å². The normalized spacial score (nSPS) is 16.2. The zero-order chi connectivity index (χ0) is 11.1. The zero-order valence-electron chi connectivity index (χ0n) is 9.85. The maximum Gasteiger partial charge on any atom is 0.160 e. The highest BCUT2D eigenvalue weighted by atomic mass is 15.2. The van der Waals surface area contributed by atoms with Crippen LogP contribution in [0.5, 0.6) is 0 Å². The standard InChI is InChI=1S/C13H17N3/c1-9(2)8-12-15-11-4-3-7-14-13(11)16(12)10-5-6-10/h3-4,7,9-10H,5-6,8H2,1-2H3. The molecule has 0 atom stereocenters. The maximum atomic E-state index is 4.71. The average molecular weight is 215 g/mol. The Balaban J connectivity index is 2.14. The predicted molar refractivity (Wildman–Crippen MR) is 64.3 cm³/mol. The molecule has 2 aromatic rings. The van der Waals surface area contributed by atoms with Crippen molar-refractivity contribution in [1.29, 1.82) is 0 Å². The first-order valence-electron chi connectivity index (χ1n) is 6.07. The number of rotatable bonds is 3. The fraction of sp³-hybridized carbons (Fsp3) is 0.538. The van der Waals surface area contributed by atoms with E-state index in [1.807, 2.05) is 12.3 Å². The molecule has 0 N–H and O–H groups in total. The Bertz CT molecular complexity index is 509. The van der Waals surface area contributed by atoms with Crippen molar-refractivity contribution in [2.24, 2.45) is 5.92 Å². The van der Waals surface area contributed by atoms with Gasteiger partial charge in [-0.25, -0.2) is 9.97 Å². The van der Waals surface area contributed by atoms with Crippen LogP contribution in [0.4, 0.5) is 0 Å². The smallest absolute Gasteiger partial charge is 0.160 e. The average Bonchev–Trinajstić information content (AvgIpc) is 3.00. The number of imidazole rings is 1. The van der Waals surface area contributed by atoms with Crippen LogP contribution >= 0.6 is 0 Å². The van der Waals surface area contributed by atoms with Crippen LogP contribution in [-0.4, -0.2) is 14.5 Å². The minimum absolute atomic E-state index is 0.648. The highest BCUT2D eigenvalue weighted by molar-refractivity contribution is 5.71. The lowest BCUT2D eigenvalue weighted by atomic mass is 10.1. The molecule has 2 heterocycles. The molecule has 0 amide bonds. The molecule has 3 nitrogen and oxygen atoms in total. The number of hydrogen-bond acceptors (Lipinski definition) is 2. The summed E-state index contributed by atoms with van der Waals surface area (Å²) >= 11 is 0. The van der Waals surface area contributed by atoms with Crippen molar-refractivity contribution in [3.63, 3.8) is 0 Å². The Morgan fingerprint density at radius 2 is 2.25 bits per heavy atom. The van der Waals surface area contributed by atoms with E-state index in [2.05, 4.69) is 29.5 Å². The molecule has 0 aromatic carbocycles. The highest BCUT2D eigenvalue weighted by Gasteiger charge is 2.28. The van der Waals surface area contributed by atoms with Crippen LogP contribution in [0.25, 0.3) is 11.2 Å². The molecule has 16 heavy (non-hydrogen) atoms. The fourth-order valence-corrected chi connectivity index (χ4v) is 2.20. The van der Waals surface area contributed by atoms with Crippen LogP contribution in [0.3, 0.4) is 0 Å². The first-order valence-corrected chi connectivity index (χ1v) is 6.07. The summed E-state index contributed by atoms with van der Waals surface area (Å²) in [6, 6.07) is 4.69. The third kappa shape index (κ3) is 1.60. The molecular formula is C13H17N3. The molecular weight excluding hydrogens is 198 g/mol. The van der Waals surface area contributed by atoms with E-state index in [0.717, 1.165) is 17.6 Å². The van der Waals surface area contributed by atoms with Gasteiger partial charge in [-0.15, -0.1) is 0 Å². The van der Waals surface area contributed by atoms with Crippen molar-refractivity contribution in [3.8, 4) is 0 Å². The van der Waals surface area contributed by atoms with Crippen LogP contribution in [0, 0.1) is 5.92 Å². The summed E-state index contributed by atoms with van der Waals surface area (Å²) in [5.41, 5.74) is 2.12. The molecule has 3 heteroatoms. The highest BCUT2D eigenvalue weighted by Crippen LogP contribution is 2.38. The summed E-state index contributed by atoms with van der Waals surface area (Å²) in [6.45, 7) is 4.48. The van der Waals surface area contributed by atoms with Gasteiger partial charge >= 0.3 is 0 Å². The van der Waals surface area contributed by atoms with Gasteiger partial charge in [0.25, 0.3) is 0 Å². The number of nitrogens with zero attached hydrogens (tertiary/aromatic N) is 3. The number of fused-ring (bicyclic) bond motifs is 1. The summed E-state index contributed by atoms with van der Waals surface area (Å²) < 4.78 is 2.36. The molecule has 0 saturated heterocycles. The molecule has 0 aliphatic heterocycles. The number of aromatic nitrogens is 3. The Morgan fingerprint density at radius 1 is 1.44 bits per heavy atom. The van der Waals surface area contributed by atoms with Gasteiger partial charge in [-0.2, -0.15) is 0 Å². The van der Waals surface area contributed by atoms with E-state index in [0.29, 0.717) is 12.0 Å². The second-order valence-corrected chi connectivity index (χ2v) is 5.07. The molecule has 0 radical (unpaired) electrons. The summed E-state index contributed by atoms with van der Waals surface area (Å²) in [5, 5.41) is 0. The first-order chi connectivity index (χ1) is 7.75. The van der Waals surface area contributed by atoms with Gasteiger partial charge in [-0.3, -0.25) is 0 Å². The van der Waals surface area contributed by atoms with Gasteiger partial charge in [0.1, 0.15) is 11.3 Å². The van der Waals surface area contributed by atoms with Crippen molar-refractivity contribution in [2.75, 3.05) is 0 Å². The topological polar surface area (TPSA) is 30.7 Å². The largest absolute Gasteiger partial charge is 0.310 e. The van der Waals surface area contributed by atoms with E-state index >= 15 is 0 Å². The van der Waals surface area contributed by atoms with Crippen LogP contribution < -0.4 is 0 Å². The maximum absolute atomic E-state index is 4.71. The molecule has 3 rings (SSSR count). The van der Waals surface area contributed by atoms with E-state index in [-0.39, 0.29) is 0 Å². The lowest BCUT2D eigenvalue weighted by Gasteiger charge is -2.08. The van der Waals surface area contributed by atoms with Gasteiger partial charge in [0, 0.05) is 18.7 Å². The Kier molecular flexibility index (Phi) is 2.20. The van der Waals surface area contributed by atoms with Gasteiger partial charge in [0.2, 0.25) is 0 Å². The molecule has 84 valence electrons. The van der Waals surface area contributed by atoms with Crippen molar-refractivity contribution in [3.05, 3.63) is 24.2 Å². The van der Waals surface area contributed by atoms with Crippen LogP contribution in [-0.2, 0) is 6.42 Å². The van der Waals surface area contributed by atoms with Crippen LogP contribution in [0.2, 0.25) is 0 Å². The lowest BCUT2D eigenvalue weighted by molar-refractivity contribution is 0.583. The van der Waals surface area contributed by atoms with Crippen molar-refractivity contribution in [1.82, 2.24) is 14.5 Å². The zero-order valence-corrected chi connectivity index (χ0v) is 9.85. The minimum Gasteiger partial charge on any atom is -0.310 e.